The maximum absolute atomic E-state index is 5.39. The maximum Gasteiger partial charge on any atom is 0.0571 e. The summed E-state index contributed by atoms with van der Waals surface area (Å²) in [6, 6.07) is 0. The minimum atomic E-state index is 0.473. The minimum Gasteiger partial charge on any atom is -0.381 e. The van der Waals surface area contributed by atoms with E-state index in [2.05, 4.69) is 26.1 Å². The van der Waals surface area contributed by atoms with Gasteiger partial charge in [-0.1, -0.05) is 27.2 Å². The molecule has 1 unspecified atom stereocenters. The molecule has 86 valence electrons. The Balaban J connectivity index is 3.24. The van der Waals surface area contributed by atoms with Crippen LogP contribution < -0.4 is 5.32 Å². The maximum atomic E-state index is 5.39. The van der Waals surface area contributed by atoms with Crippen molar-refractivity contribution in [2.45, 2.75) is 52.6 Å². The number of nitrogens with one attached hydrogen (secondary N) is 1. The van der Waals surface area contributed by atoms with Gasteiger partial charge in [0.15, 0.2) is 0 Å². The summed E-state index contributed by atoms with van der Waals surface area (Å²) in [7, 11) is 1.82. The van der Waals surface area contributed by atoms with Crippen LogP contribution in [0.2, 0.25) is 0 Å². The third kappa shape index (κ3) is 8.52. The molecule has 0 aromatic carbocycles. The number of ether oxygens (including phenoxy) is 1. The van der Waals surface area contributed by atoms with Crippen molar-refractivity contribution in [1.29, 1.82) is 0 Å². The second-order valence-electron chi connectivity index (χ2n) is 4.39. The van der Waals surface area contributed by atoms with E-state index < -0.39 is 0 Å². The Morgan fingerprint density at radius 1 is 1.21 bits per heavy atom. The lowest BCUT2D eigenvalue weighted by atomic mass is 10.1. The van der Waals surface area contributed by atoms with E-state index in [1.165, 1.54) is 25.7 Å². The molecule has 0 aromatic rings. The highest BCUT2D eigenvalue weighted by Gasteiger charge is 2.04. The van der Waals surface area contributed by atoms with Crippen molar-refractivity contribution in [2.75, 3.05) is 20.2 Å². The molecule has 0 amide bonds. The normalized spacial score (nSPS) is 13.5. The number of hydrogen-bond donors (Lipinski definition) is 1. The van der Waals surface area contributed by atoms with Crippen LogP contribution in [0, 0.1) is 5.92 Å². The molecule has 0 aliphatic carbocycles. The largest absolute Gasteiger partial charge is 0.381 e. The van der Waals surface area contributed by atoms with Gasteiger partial charge in [-0.3, -0.25) is 0 Å². The third-order valence-corrected chi connectivity index (χ3v) is 2.38. The van der Waals surface area contributed by atoms with Crippen LogP contribution in [0.15, 0.2) is 0 Å². The van der Waals surface area contributed by atoms with E-state index in [0.29, 0.717) is 6.10 Å². The predicted molar refractivity (Wildman–Crippen MR) is 62.6 cm³/mol. The molecule has 0 fully saturated rings. The summed E-state index contributed by atoms with van der Waals surface area (Å²) in [5, 5.41) is 3.45. The first kappa shape index (κ1) is 13.9. The van der Waals surface area contributed by atoms with E-state index in [1.54, 1.807) is 0 Å². The van der Waals surface area contributed by atoms with Gasteiger partial charge >= 0.3 is 0 Å². The van der Waals surface area contributed by atoms with Gasteiger partial charge < -0.3 is 10.1 Å². The molecule has 0 aromatic heterocycles. The quantitative estimate of drug-likeness (QED) is 0.579. The Bertz CT molecular complexity index is 115. The van der Waals surface area contributed by atoms with E-state index in [-0.39, 0.29) is 0 Å². The molecule has 0 spiro atoms. The molecule has 0 bridgehead atoms. The van der Waals surface area contributed by atoms with Crippen molar-refractivity contribution in [3.63, 3.8) is 0 Å². The van der Waals surface area contributed by atoms with Crippen molar-refractivity contribution >= 4 is 0 Å². The summed E-state index contributed by atoms with van der Waals surface area (Å²) in [4.78, 5) is 0. The SMILES string of the molecule is CCCC(CCCNCC(C)C)OC. The highest BCUT2D eigenvalue weighted by molar-refractivity contribution is 4.59. The van der Waals surface area contributed by atoms with Crippen LogP contribution in [0.5, 0.6) is 0 Å². The molecule has 0 aliphatic rings. The molecular formula is C12H27NO. The summed E-state index contributed by atoms with van der Waals surface area (Å²) in [5.74, 6) is 0.754. The van der Waals surface area contributed by atoms with Crippen molar-refractivity contribution < 1.29 is 4.74 Å². The standard InChI is InChI=1S/C12H27NO/c1-5-7-12(14-4)8-6-9-13-10-11(2)3/h11-13H,5-10H2,1-4H3. The summed E-state index contributed by atoms with van der Waals surface area (Å²) in [6.45, 7) is 8.94. The van der Waals surface area contributed by atoms with Crippen LogP contribution in [-0.2, 0) is 4.74 Å². The molecule has 0 rings (SSSR count). The van der Waals surface area contributed by atoms with Gasteiger partial charge in [-0.15, -0.1) is 0 Å². The zero-order valence-corrected chi connectivity index (χ0v) is 10.3. The average molecular weight is 201 g/mol. The number of hydrogen-bond acceptors (Lipinski definition) is 2. The molecule has 0 heterocycles. The second kappa shape index (κ2) is 9.47. The Hall–Kier alpha value is -0.0800. The van der Waals surface area contributed by atoms with Gasteiger partial charge in [0.1, 0.15) is 0 Å². The molecule has 1 atom stereocenters. The smallest absolute Gasteiger partial charge is 0.0571 e. The van der Waals surface area contributed by atoms with Crippen LogP contribution >= 0.6 is 0 Å². The molecule has 0 saturated carbocycles. The number of methoxy groups -OCH3 is 1. The second-order valence-corrected chi connectivity index (χ2v) is 4.39. The zero-order chi connectivity index (χ0) is 10.8. The molecular weight excluding hydrogens is 174 g/mol. The zero-order valence-electron chi connectivity index (χ0n) is 10.3. The first-order valence-electron chi connectivity index (χ1n) is 5.94. The highest BCUT2D eigenvalue weighted by atomic mass is 16.5. The van der Waals surface area contributed by atoms with Crippen LogP contribution in [0.4, 0.5) is 0 Å². The fourth-order valence-corrected chi connectivity index (χ4v) is 1.55. The van der Waals surface area contributed by atoms with Crippen molar-refractivity contribution in [3.8, 4) is 0 Å². The molecule has 0 aliphatic heterocycles. The first-order chi connectivity index (χ1) is 6.70. The van der Waals surface area contributed by atoms with E-state index in [4.69, 9.17) is 4.74 Å². The van der Waals surface area contributed by atoms with E-state index in [0.717, 1.165) is 19.0 Å². The Kier molecular flexibility index (Phi) is 9.42. The molecule has 14 heavy (non-hydrogen) atoms. The lowest BCUT2D eigenvalue weighted by Gasteiger charge is -2.14. The van der Waals surface area contributed by atoms with Gasteiger partial charge in [-0.25, -0.2) is 0 Å². The first-order valence-corrected chi connectivity index (χ1v) is 5.94. The van der Waals surface area contributed by atoms with Crippen LogP contribution in [0.1, 0.15) is 46.5 Å². The van der Waals surface area contributed by atoms with Gasteiger partial charge in [-0.2, -0.15) is 0 Å². The predicted octanol–water partition coefficient (Wildman–Crippen LogP) is 2.83. The van der Waals surface area contributed by atoms with Crippen LogP contribution in [-0.4, -0.2) is 26.3 Å². The monoisotopic (exact) mass is 201 g/mol. The fourth-order valence-electron chi connectivity index (χ4n) is 1.55. The summed E-state index contributed by atoms with van der Waals surface area (Å²) in [5.41, 5.74) is 0. The van der Waals surface area contributed by atoms with Gasteiger partial charge in [0.05, 0.1) is 6.10 Å². The summed E-state index contributed by atoms with van der Waals surface area (Å²) < 4.78 is 5.39. The molecule has 2 nitrogen and oxygen atoms in total. The van der Waals surface area contributed by atoms with E-state index >= 15 is 0 Å². The average Bonchev–Trinajstić information content (AvgIpc) is 2.15. The third-order valence-electron chi connectivity index (χ3n) is 2.38. The fraction of sp³-hybridized carbons (Fsp3) is 1.00. The molecule has 2 heteroatoms. The minimum absolute atomic E-state index is 0.473. The van der Waals surface area contributed by atoms with Gasteiger partial charge in [0.2, 0.25) is 0 Å². The van der Waals surface area contributed by atoms with Gasteiger partial charge in [0, 0.05) is 7.11 Å². The lowest BCUT2D eigenvalue weighted by Crippen LogP contribution is -2.22. The summed E-state index contributed by atoms with van der Waals surface area (Å²) in [6.07, 6.45) is 5.31. The van der Waals surface area contributed by atoms with Crippen molar-refractivity contribution in [1.82, 2.24) is 5.32 Å². The lowest BCUT2D eigenvalue weighted by molar-refractivity contribution is 0.0856. The molecule has 0 radical (unpaired) electrons. The Labute approximate surface area is 89.4 Å². The summed E-state index contributed by atoms with van der Waals surface area (Å²) >= 11 is 0. The van der Waals surface area contributed by atoms with Crippen molar-refractivity contribution in [2.24, 2.45) is 5.92 Å². The Morgan fingerprint density at radius 3 is 2.43 bits per heavy atom. The van der Waals surface area contributed by atoms with Crippen LogP contribution in [0.25, 0.3) is 0 Å². The topological polar surface area (TPSA) is 21.3 Å². The van der Waals surface area contributed by atoms with Gasteiger partial charge in [-0.05, 0) is 38.3 Å². The van der Waals surface area contributed by atoms with Gasteiger partial charge in [0.25, 0.3) is 0 Å². The highest BCUT2D eigenvalue weighted by Crippen LogP contribution is 2.07. The van der Waals surface area contributed by atoms with Crippen LogP contribution in [0.3, 0.4) is 0 Å². The van der Waals surface area contributed by atoms with E-state index in [1.807, 2.05) is 7.11 Å². The van der Waals surface area contributed by atoms with Crippen molar-refractivity contribution in [3.05, 3.63) is 0 Å². The number of rotatable bonds is 9. The molecule has 1 N–H and O–H groups in total. The Morgan fingerprint density at radius 2 is 1.93 bits per heavy atom. The molecule has 0 saturated heterocycles. The van der Waals surface area contributed by atoms with E-state index in [9.17, 15) is 0 Å².